The molecule has 1 aliphatic heterocycles. The van der Waals surface area contributed by atoms with Crippen molar-refractivity contribution in [2.75, 3.05) is 13.1 Å². The summed E-state index contributed by atoms with van der Waals surface area (Å²) in [5, 5.41) is 14.8. The van der Waals surface area contributed by atoms with Gasteiger partial charge in [0.15, 0.2) is 0 Å². The van der Waals surface area contributed by atoms with Gasteiger partial charge in [-0.05, 0) is 31.5 Å². The number of hydrogen-bond acceptors (Lipinski definition) is 5. The summed E-state index contributed by atoms with van der Waals surface area (Å²) in [7, 11) is 0. The second-order valence-electron chi connectivity index (χ2n) is 4.87. The van der Waals surface area contributed by atoms with E-state index < -0.39 is 4.92 Å². The highest BCUT2D eigenvalue weighted by Gasteiger charge is 2.15. The molecule has 0 unspecified atom stereocenters. The monoisotopic (exact) mass is 273 g/mol. The van der Waals surface area contributed by atoms with Gasteiger partial charge in [0.2, 0.25) is 5.88 Å². The average Bonchev–Trinajstić information content (AvgIpc) is 2.47. The Morgan fingerprint density at radius 2 is 2.25 bits per heavy atom. The first-order chi connectivity index (χ1) is 9.72. The summed E-state index contributed by atoms with van der Waals surface area (Å²) in [5.74, 6) is 0.569. The lowest BCUT2D eigenvalue weighted by Gasteiger charge is -2.23. The Morgan fingerprint density at radius 1 is 1.35 bits per heavy atom. The first kappa shape index (κ1) is 12.8. The summed E-state index contributed by atoms with van der Waals surface area (Å²) < 4.78 is 5.83. The molecule has 6 nitrogen and oxygen atoms in total. The molecular formula is C14H15N3O3. The second-order valence-corrected chi connectivity index (χ2v) is 4.87. The van der Waals surface area contributed by atoms with Crippen LogP contribution in [0.4, 0.5) is 5.69 Å². The third kappa shape index (κ3) is 2.70. The van der Waals surface area contributed by atoms with Crippen LogP contribution < -0.4 is 10.1 Å². The first-order valence-electron chi connectivity index (χ1n) is 6.65. The Morgan fingerprint density at radius 3 is 3.00 bits per heavy atom. The Balaban J connectivity index is 1.83. The molecule has 0 spiro atoms. The number of nitro groups is 1. The topological polar surface area (TPSA) is 77.3 Å². The van der Waals surface area contributed by atoms with Crippen molar-refractivity contribution in [3.8, 4) is 5.88 Å². The molecule has 0 amide bonds. The van der Waals surface area contributed by atoms with E-state index >= 15 is 0 Å². The van der Waals surface area contributed by atoms with Crippen molar-refractivity contribution >= 4 is 16.6 Å². The van der Waals surface area contributed by atoms with E-state index in [-0.39, 0.29) is 11.8 Å². The van der Waals surface area contributed by atoms with Crippen LogP contribution in [-0.2, 0) is 0 Å². The van der Waals surface area contributed by atoms with Crippen LogP contribution in [0.15, 0.2) is 30.3 Å². The minimum absolute atomic E-state index is 0.0736. The van der Waals surface area contributed by atoms with Crippen LogP contribution in [0.5, 0.6) is 5.88 Å². The average molecular weight is 273 g/mol. The number of nitro benzene ring substituents is 1. The van der Waals surface area contributed by atoms with E-state index in [1.807, 2.05) is 0 Å². The Kier molecular flexibility index (Phi) is 3.47. The quantitative estimate of drug-likeness (QED) is 0.685. The van der Waals surface area contributed by atoms with Gasteiger partial charge in [-0.3, -0.25) is 10.1 Å². The molecular weight excluding hydrogens is 258 g/mol. The van der Waals surface area contributed by atoms with Gasteiger partial charge >= 0.3 is 0 Å². The number of hydrogen-bond donors (Lipinski definition) is 1. The fourth-order valence-corrected chi connectivity index (χ4v) is 2.36. The van der Waals surface area contributed by atoms with Gasteiger partial charge in [-0.25, -0.2) is 4.98 Å². The summed E-state index contributed by atoms with van der Waals surface area (Å²) >= 11 is 0. The molecule has 0 radical (unpaired) electrons. The molecule has 1 aromatic heterocycles. The van der Waals surface area contributed by atoms with Crippen molar-refractivity contribution in [1.82, 2.24) is 10.3 Å². The maximum Gasteiger partial charge on any atom is 0.270 e. The fraction of sp³-hybridized carbons (Fsp3) is 0.357. The summed E-state index contributed by atoms with van der Waals surface area (Å²) in [6.07, 6.45) is 2.27. The zero-order valence-electron chi connectivity index (χ0n) is 10.9. The van der Waals surface area contributed by atoms with Crippen LogP contribution >= 0.6 is 0 Å². The molecule has 1 N–H and O–H groups in total. The van der Waals surface area contributed by atoms with Crippen molar-refractivity contribution in [2.45, 2.75) is 18.9 Å². The van der Waals surface area contributed by atoms with Crippen LogP contribution in [0.1, 0.15) is 12.8 Å². The third-order valence-electron chi connectivity index (χ3n) is 3.40. The molecule has 0 bridgehead atoms. The van der Waals surface area contributed by atoms with Crippen molar-refractivity contribution < 1.29 is 9.66 Å². The van der Waals surface area contributed by atoms with E-state index in [0.717, 1.165) is 31.3 Å². The number of fused-ring (bicyclic) bond motifs is 1. The highest BCUT2D eigenvalue weighted by Crippen LogP contribution is 2.22. The zero-order chi connectivity index (χ0) is 13.9. The van der Waals surface area contributed by atoms with Crippen molar-refractivity contribution in [3.05, 3.63) is 40.4 Å². The van der Waals surface area contributed by atoms with Crippen LogP contribution in [-0.4, -0.2) is 29.1 Å². The molecule has 1 fully saturated rings. The van der Waals surface area contributed by atoms with Crippen LogP contribution in [0.25, 0.3) is 10.9 Å². The zero-order valence-corrected chi connectivity index (χ0v) is 10.9. The molecule has 20 heavy (non-hydrogen) atoms. The maximum atomic E-state index is 10.7. The largest absolute Gasteiger partial charge is 0.473 e. The number of benzene rings is 1. The van der Waals surface area contributed by atoms with E-state index in [1.165, 1.54) is 12.1 Å². The van der Waals surface area contributed by atoms with Crippen LogP contribution in [0, 0.1) is 10.1 Å². The minimum Gasteiger partial charge on any atom is -0.473 e. The summed E-state index contributed by atoms with van der Waals surface area (Å²) in [6.45, 7) is 1.87. The SMILES string of the molecule is O=[N+]([O-])c1ccc2nc(O[C@H]3CCCNC3)ccc2c1. The molecule has 6 heteroatoms. The Bertz CT molecular complexity index is 639. The fourth-order valence-electron chi connectivity index (χ4n) is 2.36. The molecule has 1 aliphatic rings. The Labute approximate surface area is 115 Å². The van der Waals surface area contributed by atoms with Gasteiger partial charge in [0.1, 0.15) is 6.10 Å². The predicted molar refractivity (Wildman–Crippen MR) is 74.9 cm³/mol. The maximum absolute atomic E-state index is 10.7. The van der Waals surface area contributed by atoms with Crippen molar-refractivity contribution in [3.63, 3.8) is 0 Å². The number of nitrogens with zero attached hydrogens (tertiary/aromatic N) is 2. The highest BCUT2D eigenvalue weighted by molar-refractivity contribution is 5.81. The van der Waals surface area contributed by atoms with Gasteiger partial charge in [0.25, 0.3) is 5.69 Å². The smallest absolute Gasteiger partial charge is 0.270 e. The molecule has 104 valence electrons. The van der Waals surface area contributed by atoms with Gasteiger partial charge in [-0.15, -0.1) is 0 Å². The first-order valence-corrected chi connectivity index (χ1v) is 6.65. The number of piperidine rings is 1. The molecule has 1 atom stereocenters. The lowest BCUT2D eigenvalue weighted by Crippen LogP contribution is -2.37. The van der Waals surface area contributed by atoms with Gasteiger partial charge in [0, 0.05) is 30.1 Å². The second kappa shape index (κ2) is 5.42. The number of aromatic nitrogens is 1. The molecule has 0 saturated carbocycles. The molecule has 2 heterocycles. The minimum atomic E-state index is -0.405. The number of pyridine rings is 1. The number of rotatable bonds is 3. The van der Waals surface area contributed by atoms with Crippen LogP contribution in [0.2, 0.25) is 0 Å². The van der Waals surface area contributed by atoms with Crippen molar-refractivity contribution in [2.24, 2.45) is 0 Å². The number of nitrogens with one attached hydrogen (secondary N) is 1. The lowest BCUT2D eigenvalue weighted by molar-refractivity contribution is -0.384. The summed E-state index contributed by atoms with van der Waals surface area (Å²) in [6, 6.07) is 8.20. The third-order valence-corrected chi connectivity index (χ3v) is 3.40. The van der Waals surface area contributed by atoms with E-state index in [2.05, 4.69) is 10.3 Å². The summed E-state index contributed by atoms with van der Waals surface area (Å²) in [5.41, 5.74) is 0.779. The molecule has 1 aromatic carbocycles. The van der Waals surface area contributed by atoms with Crippen molar-refractivity contribution in [1.29, 1.82) is 0 Å². The van der Waals surface area contributed by atoms with E-state index in [9.17, 15) is 10.1 Å². The van der Waals surface area contributed by atoms with Gasteiger partial charge in [-0.2, -0.15) is 0 Å². The van der Waals surface area contributed by atoms with Gasteiger partial charge < -0.3 is 10.1 Å². The number of non-ortho nitro benzene ring substituents is 1. The van der Waals surface area contributed by atoms with E-state index in [4.69, 9.17) is 4.74 Å². The summed E-state index contributed by atoms with van der Waals surface area (Å²) in [4.78, 5) is 14.7. The number of ether oxygens (including phenoxy) is 1. The molecule has 1 saturated heterocycles. The highest BCUT2D eigenvalue weighted by atomic mass is 16.6. The lowest BCUT2D eigenvalue weighted by atomic mass is 10.1. The van der Waals surface area contributed by atoms with Gasteiger partial charge in [-0.1, -0.05) is 0 Å². The predicted octanol–water partition coefficient (Wildman–Crippen LogP) is 2.27. The van der Waals surface area contributed by atoms with E-state index in [0.29, 0.717) is 11.4 Å². The van der Waals surface area contributed by atoms with Crippen LogP contribution in [0.3, 0.4) is 0 Å². The molecule has 3 rings (SSSR count). The standard InChI is InChI=1S/C14H15N3O3/c18-17(19)11-4-5-13-10(8-11)3-6-14(16-13)20-12-2-1-7-15-9-12/h3-6,8,12,15H,1-2,7,9H2/t12-/m0/s1. The normalized spacial score (nSPS) is 18.9. The van der Waals surface area contributed by atoms with E-state index in [1.54, 1.807) is 18.2 Å². The van der Waals surface area contributed by atoms with Gasteiger partial charge in [0.05, 0.1) is 10.4 Å². The Hall–Kier alpha value is -2.21. The molecule has 2 aromatic rings. The molecule has 0 aliphatic carbocycles.